The highest BCUT2D eigenvalue weighted by Crippen LogP contribution is 2.30. The molecular formula is C24H22BrN3O. The number of hydrogen-bond donors (Lipinski definition) is 1. The largest absolute Gasteiger partial charge is 0.363 e. The highest BCUT2D eigenvalue weighted by atomic mass is 79.9. The van der Waals surface area contributed by atoms with Crippen molar-refractivity contribution >= 4 is 33.7 Å². The summed E-state index contributed by atoms with van der Waals surface area (Å²) < 4.78 is 1.00. The van der Waals surface area contributed by atoms with Gasteiger partial charge in [0.1, 0.15) is 0 Å². The van der Waals surface area contributed by atoms with Gasteiger partial charge in [0.2, 0.25) is 0 Å². The van der Waals surface area contributed by atoms with Crippen molar-refractivity contribution in [3.8, 4) is 0 Å². The maximum absolute atomic E-state index is 12.5. The van der Waals surface area contributed by atoms with Crippen LogP contribution in [-0.4, -0.2) is 12.1 Å². The van der Waals surface area contributed by atoms with E-state index in [2.05, 4.69) is 57.3 Å². The SMILES string of the molecule is Cc1cc2c(cc1C)CN(c1cccc(C(=O)N/N=C\c3ccc(Br)cc3)c1)C2. The molecule has 0 atom stereocenters. The number of aryl methyl sites for hydroxylation is 2. The Morgan fingerprint density at radius 3 is 2.31 bits per heavy atom. The van der Waals surface area contributed by atoms with E-state index in [1.165, 1.54) is 22.3 Å². The van der Waals surface area contributed by atoms with Crippen LogP contribution in [0, 0.1) is 13.8 Å². The summed E-state index contributed by atoms with van der Waals surface area (Å²) in [7, 11) is 0. The monoisotopic (exact) mass is 447 g/mol. The van der Waals surface area contributed by atoms with E-state index in [0.717, 1.165) is 28.8 Å². The van der Waals surface area contributed by atoms with Gasteiger partial charge in [0.25, 0.3) is 5.91 Å². The lowest BCUT2D eigenvalue weighted by atomic mass is 10.0. The Labute approximate surface area is 179 Å². The molecule has 1 N–H and O–H groups in total. The third-order valence-corrected chi connectivity index (χ3v) is 5.79. The predicted molar refractivity (Wildman–Crippen MR) is 121 cm³/mol. The van der Waals surface area contributed by atoms with Gasteiger partial charge in [-0.3, -0.25) is 4.79 Å². The average molecular weight is 448 g/mol. The van der Waals surface area contributed by atoms with Crippen molar-refractivity contribution in [2.75, 3.05) is 4.90 Å². The Bertz CT molecular complexity index is 1060. The van der Waals surface area contributed by atoms with Crippen molar-refractivity contribution in [3.63, 3.8) is 0 Å². The van der Waals surface area contributed by atoms with Gasteiger partial charge in [-0.15, -0.1) is 0 Å². The third-order valence-electron chi connectivity index (χ3n) is 5.26. The second-order valence-electron chi connectivity index (χ2n) is 7.36. The van der Waals surface area contributed by atoms with Gasteiger partial charge in [-0.1, -0.05) is 46.3 Å². The standard InChI is InChI=1S/C24H22BrN3O/c1-16-10-20-14-28(15-21(20)11-17(16)2)23-5-3-4-19(12-23)24(29)27-26-13-18-6-8-22(25)9-7-18/h3-13H,14-15H2,1-2H3,(H,27,29)/b26-13-. The van der Waals surface area contributed by atoms with Crippen molar-refractivity contribution in [2.24, 2.45) is 5.10 Å². The van der Waals surface area contributed by atoms with Crippen molar-refractivity contribution in [2.45, 2.75) is 26.9 Å². The van der Waals surface area contributed by atoms with Crippen molar-refractivity contribution in [1.29, 1.82) is 0 Å². The Kier molecular flexibility index (Phi) is 5.49. The molecule has 1 amide bonds. The molecule has 29 heavy (non-hydrogen) atoms. The van der Waals surface area contributed by atoms with Crippen LogP contribution >= 0.6 is 15.9 Å². The summed E-state index contributed by atoms with van der Waals surface area (Å²) >= 11 is 3.40. The first-order chi connectivity index (χ1) is 14.0. The van der Waals surface area contributed by atoms with E-state index in [0.29, 0.717) is 5.56 Å². The van der Waals surface area contributed by atoms with E-state index in [-0.39, 0.29) is 5.91 Å². The minimum absolute atomic E-state index is 0.219. The van der Waals surface area contributed by atoms with Crippen molar-refractivity contribution in [3.05, 3.63) is 98.5 Å². The molecule has 0 spiro atoms. The van der Waals surface area contributed by atoms with Crippen LogP contribution < -0.4 is 10.3 Å². The minimum Gasteiger partial charge on any atom is -0.363 e. The van der Waals surface area contributed by atoms with Gasteiger partial charge in [0, 0.05) is 28.8 Å². The zero-order valence-corrected chi connectivity index (χ0v) is 18.0. The summed E-state index contributed by atoms with van der Waals surface area (Å²) in [5, 5.41) is 4.07. The number of hydrogen-bond acceptors (Lipinski definition) is 3. The first-order valence-electron chi connectivity index (χ1n) is 9.52. The minimum atomic E-state index is -0.219. The van der Waals surface area contributed by atoms with E-state index in [4.69, 9.17) is 0 Å². The quantitative estimate of drug-likeness (QED) is 0.432. The van der Waals surface area contributed by atoms with Gasteiger partial charge in [-0.25, -0.2) is 5.43 Å². The molecule has 4 rings (SSSR count). The Morgan fingerprint density at radius 2 is 1.66 bits per heavy atom. The Hall–Kier alpha value is -2.92. The number of carbonyl (C=O) groups is 1. The lowest BCUT2D eigenvalue weighted by Gasteiger charge is -2.18. The van der Waals surface area contributed by atoms with Gasteiger partial charge in [-0.05, 0) is 72.0 Å². The summed E-state index contributed by atoms with van der Waals surface area (Å²) in [5.74, 6) is -0.219. The fourth-order valence-corrected chi connectivity index (χ4v) is 3.77. The second kappa shape index (κ2) is 8.21. The molecule has 3 aromatic carbocycles. The number of nitrogens with zero attached hydrogens (tertiary/aromatic N) is 2. The number of amides is 1. The van der Waals surface area contributed by atoms with E-state index < -0.39 is 0 Å². The zero-order valence-electron chi connectivity index (χ0n) is 16.4. The molecule has 0 radical (unpaired) electrons. The van der Waals surface area contributed by atoms with Crippen molar-refractivity contribution < 1.29 is 4.79 Å². The number of rotatable bonds is 4. The zero-order chi connectivity index (χ0) is 20.4. The van der Waals surface area contributed by atoms with Crippen LogP contribution in [0.15, 0.2) is 70.2 Å². The van der Waals surface area contributed by atoms with Crippen LogP contribution in [0.3, 0.4) is 0 Å². The lowest BCUT2D eigenvalue weighted by molar-refractivity contribution is 0.0955. The van der Waals surface area contributed by atoms with Crippen LogP contribution in [0.25, 0.3) is 0 Å². The summed E-state index contributed by atoms with van der Waals surface area (Å²) in [4.78, 5) is 14.8. The molecule has 0 aromatic heterocycles. The fourth-order valence-electron chi connectivity index (χ4n) is 3.50. The molecule has 5 heteroatoms. The van der Waals surface area contributed by atoms with Crippen LogP contribution in [0.2, 0.25) is 0 Å². The van der Waals surface area contributed by atoms with E-state index in [9.17, 15) is 4.79 Å². The number of benzene rings is 3. The molecule has 1 aliphatic heterocycles. The summed E-state index contributed by atoms with van der Waals surface area (Å²) in [6.07, 6.45) is 1.63. The highest BCUT2D eigenvalue weighted by molar-refractivity contribution is 9.10. The molecule has 1 heterocycles. The Morgan fingerprint density at radius 1 is 1.00 bits per heavy atom. The molecule has 0 aliphatic carbocycles. The van der Waals surface area contributed by atoms with E-state index in [1.807, 2.05) is 48.5 Å². The second-order valence-corrected chi connectivity index (χ2v) is 8.28. The molecule has 0 bridgehead atoms. The van der Waals surface area contributed by atoms with Crippen LogP contribution in [0.4, 0.5) is 5.69 Å². The number of halogens is 1. The average Bonchev–Trinajstić information content (AvgIpc) is 3.12. The molecule has 0 saturated heterocycles. The molecule has 0 unspecified atom stereocenters. The van der Waals surface area contributed by atoms with Gasteiger partial charge in [-0.2, -0.15) is 5.10 Å². The van der Waals surface area contributed by atoms with Crippen LogP contribution in [0.5, 0.6) is 0 Å². The molecular weight excluding hydrogens is 426 g/mol. The predicted octanol–water partition coefficient (Wildman–Crippen LogP) is 5.35. The third kappa shape index (κ3) is 4.40. The molecule has 0 saturated carbocycles. The smallest absolute Gasteiger partial charge is 0.271 e. The highest BCUT2D eigenvalue weighted by Gasteiger charge is 2.20. The van der Waals surface area contributed by atoms with Gasteiger partial charge in [0.05, 0.1) is 6.21 Å². The summed E-state index contributed by atoms with van der Waals surface area (Å²) in [5.41, 5.74) is 10.5. The van der Waals surface area contributed by atoms with Crippen molar-refractivity contribution in [1.82, 2.24) is 5.43 Å². The molecule has 1 aliphatic rings. The molecule has 0 fully saturated rings. The van der Waals surface area contributed by atoms with E-state index in [1.54, 1.807) is 6.21 Å². The summed E-state index contributed by atoms with van der Waals surface area (Å²) in [6, 6.07) is 20.0. The van der Waals surface area contributed by atoms with Gasteiger partial charge >= 0.3 is 0 Å². The maximum atomic E-state index is 12.5. The molecule has 3 aromatic rings. The Balaban J connectivity index is 1.45. The van der Waals surface area contributed by atoms with Crippen LogP contribution in [0.1, 0.15) is 38.2 Å². The topological polar surface area (TPSA) is 44.7 Å². The van der Waals surface area contributed by atoms with Gasteiger partial charge in [0.15, 0.2) is 0 Å². The molecule has 146 valence electrons. The number of nitrogens with one attached hydrogen (secondary N) is 1. The summed E-state index contributed by atoms with van der Waals surface area (Å²) in [6.45, 7) is 6.03. The number of hydrazone groups is 1. The van der Waals surface area contributed by atoms with E-state index >= 15 is 0 Å². The number of carbonyl (C=O) groups excluding carboxylic acids is 1. The van der Waals surface area contributed by atoms with Crippen LogP contribution in [-0.2, 0) is 13.1 Å². The maximum Gasteiger partial charge on any atom is 0.271 e. The number of anilines is 1. The lowest BCUT2D eigenvalue weighted by Crippen LogP contribution is -2.19. The first kappa shape index (κ1) is 19.4. The first-order valence-corrected chi connectivity index (χ1v) is 10.3. The normalized spacial score (nSPS) is 13.0. The van der Waals surface area contributed by atoms with Gasteiger partial charge < -0.3 is 4.90 Å². The molecule has 4 nitrogen and oxygen atoms in total. The number of fused-ring (bicyclic) bond motifs is 1. The fraction of sp³-hybridized carbons (Fsp3) is 0.167.